The summed E-state index contributed by atoms with van der Waals surface area (Å²) >= 11 is 0. The third-order valence-corrected chi connectivity index (χ3v) is 5.70. The lowest BCUT2D eigenvalue weighted by Crippen LogP contribution is -2.53. The first-order valence-corrected chi connectivity index (χ1v) is 10.8. The zero-order valence-corrected chi connectivity index (χ0v) is 17.6. The second-order valence-electron chi connectivity index (χ2n) is 8.40. The summed E-state index contributed by atoms with van der Waals surface area (Å²) in [6.45, 7) is 10.6. The van der Waals surface area contributed by atoms with E-state index in [9.17, 15) is 23.1 Å². The van der Waals surface area contributed by atoms with Crippen molar-refractivity contribution in [1.82, 2.24) is 5.32 Å². The molecule has 0 heterocycles. The Balaban J connectivity index is 5.69. The number of aliphatic carboxylic acids is 1. The summed E-state index contributed by atoms with van der Waals surface area (Å²) in [5.74, 6) is -3.79. The highest BCUT2D eigenvalue weighted by Crippen LogP contribution is 2.39. The number of nitrogens with one attached hydrogen (secondary N) is 1. The van der Waals surface area contributed by atoms with Crippen LogP contribution < -0.4 is 5.32 Å². The van der Waals surface area contributed by atoms with Gasteiger partial charge in [-0.05, 0) is 32.1 Å². The van der Waals surface area contributed by atoms with Crippen LogP contribution in [0.2, 0.25) is 0 Å². The van der Waals surface area contributed by atoms with Gasteiger partial charge < -0.3 is 10.4 Å². The van der Waals surface area contributed by atoms with Gasteiger partial charge in [-0.3, -0.25) is 14.1 Å². The van der Waals surface area contributed by atoms with E-state index in [1.54, 1.807) is 0 Å². The molecule has 0 aromatic carbocycles. The predicted octanol–water partition coefficient (Wildman–Crippen LogP) is 3.10. The van der Waals surface area contributed by atoms with Crippen molar-refractivity contribution >= 4 is 22.0 Å². The quantitative estimate of drug-likeness (QED) is 0.438. The minimum atomic E-state index is -4.27. The van der Waals surface area contributed by atoms with E-state index in [1.807, 2.05) is 27.7 Å². The van der Waals surface area contributed by atoms with E-state index in [0.29, 0.717) is 19.3 Å². The van der Waals surface area contributed by atoms with Gasteiger partial charge in [0.2, 0.25) is 5.91 Å². The molecular formula is C18H35NO6S. The van der Waals surface area contributed by atoms with Gasteiger partial charge in [-0.15, -0.1) is 0 Å². The Morgan fingerprint density at radius 3 is 2.00 bits per heavy atom. The van der Waals surface area contributed by atoms with Crippen LogP contribution in [0.25, 0.3) is 0 Å². The molecule has 0 saturated carbocycles. The summed E-state index contributed by atoms with van der Waals surface area (Å²) in [4.78, 5) is 24.9. The van der Waals surface area contributed by atoms with E-state index in [1.165, 1.54) is 13.8 Å². The Hall–Kier alpha value is -1.15. The molecular weight excluding hydrogens is 358 g/mol. The largest absolute Gasteiger partial charge is 0.481 e. The zero-order chi connectivity index (χ0) is 20.8. The molecule has 0 aliphatic heterocycles. The first-order valence-electron chi connectivity index (χ1n) is 9.17. The van der Waals surface area contributed by atoms with Crippen molar-refractivity contribution in [1.29, 1.82) is 0 Å². The molecule has 0 spiro atoms. The first-order chi connectivity index (χ1) is 11.7. The van der Waals surface area contributed by atoms with Gasteiger partial charge in [0, 0.05) is 0 Å². The molecule has 0 aliphatic rings. The van der Waals surface area contributed by atoms with Crippen LogP contribution in [0.1, 0.15) is 73.6 Å². The van der Waals surface area contributed by atoms with Crippen molar-refractivity contribution in [3.8, 4) is 0 Å². The second-order valence-corrected chi connectivity index (χ2v) is 9.86. The number of rotatable bonds is 12. The summed E-state index contributed by atoms with van der Waals surface area (Å²) in [5.41, 5.74) is -1.78. The molecule has 0 bridgehead atoms. The highest BCUT2D eigenvalue weighted by molar-refractivity contribution is 7.85. The first kappa shape index (κ1) is 24.8. The molecule has 0 saturated heterocycles. The number of carboxylic acid groups (broad SMARTS) is 1. The van der Waals surface area contributed by atoms with Gasteiger partial charge >= 0.3 is 5.97 Å². The van der Waals surface area contributed by atoms with E-state index in [2.05, 4.69) is 5.32 Å². The highest BCUT2D eigenvalue weighted by Gasteiger charge is 2.44. The lowest BCUT2D eigenvalue weighted by Gasteiger charge is -2.37. The van der Waals surface area contributed by atoms with Crippen LogP contribution in [-0.2, 0) is 19.7 Å². The average molecular weight is 394 g/mol. The van der Waals surface area contributed by atoms with Gasteiger partial charge in [-0.1, -0.05) is 47.0 Å². The van der Waals surface area contributed by atoms with E-state index >= 15 is 0 Å². The molecule has 0 fully saturated rings. The number of hydrogen-bond donors (Lipinski definition) is 3. The molecule has 8 heteroatoms. The Morgan fingerprint density at radius 1 is 1.08 bits per heavy atom. The number of carboxylic acids is 1. The van der Waals surface area contributed by atoms with Crippen LogP contribution >= 0.6 is 0 Å². The van der Waals surface area contributed by atoms with Crippen LogP contribution in [0.4, 0.5) is 0 Å². The topological polar surface area (TPSA) is 121 Å². The number of carbonyl (C=O) groups is 2. The number of amides is 1. The standard InChI is InChI=1S/C18H35NO6S/c1-7-9-10-13(14(16(21)22)17(3,4)11-8-2)15(20)19-18(5,6)12-26(23,24)25/h13-14H,7-12H2,1-6H3,(H,19,20)(H,21,22)(H,23,24,25). The average Bonchev–Trinajstić information content (AvgIpc) is 2.38. The Bertz CT molecular complexity index is 582. The van der Waals surface area contributed by atoms with E-state index < -0.39 is 50.5 Å². The molecule has 0 rings (SSSR count). The van der Waals surface area contributed by atoms with Gasteiger partial charge in [-0.2, -0.15) is 8.42 Å². The minimum absolute atomic E-state index is 0.411. The fourth-order valence-electron chi connectivity index (χ4n) is 3.64. The number of carbonyl (C=O) groups excluding carboxylic acids is 1. The molecule has 1 amide bonds. The van der Waals surface area contributed by atoms with Crippen molar-refractivity contribution < 1.29 is 27.7 Å². The number of unbranched alkanes of at least 4 members (excludes halogenated alkanes) is 1. The normalized spacial score (nSPS) is 15.3. The van der Waals surface area contributed by atoms with E-state index in [4.69, 9.17) is 4.55 Å². The Labute approximate surface area is 157 Å². The van der Waals surface area contributed by atoms with Crippen molar-refractivity contribution in [2.75, 3.05) is 5.75 Å². The highest BCUT2D eigenvalue weighted by atomic mass is 32.2. The van der Waals surface area contributed by atoms with Crippen molar-refractivity contribution in [3.63, 3.8) is 0 Å². The summed E-state index contributed by atoms with van der Waals surface area (Å²) < 4.78 is 31.4. The fourth-order valence-corrected chi connectivity index (χ4v) is 4.63. The van der Waals surface area contributed by atoms with Crippen LogP contribution in [-0.4, -0.2) is 41.2 Å². The predicted molar refractivity (Wildman–Crippen MR) is 101 cm³/mol. The minimum Gasteiger partial charge on any atom is -0.481 e. The second kappa shape index (κ2) is 9.69. The molecule has 0 radical (unpaired) electrons. The molecule has 3 N–H and O–H groups in total. The summed E-state index contributed by atoms with van der Waals surface area (Å²) in [6.07, 6.45) is 3.39. The van der Waals surface area contributed by atoms with E-state index in [-0.39, 0.29) is 0 Å². The molecule has 0 aromatic rings. The summed E-state index contributed by atoms with van der Waals surface area (Å²) in [6, 6.07) is 0. The molecule has 2 atom stereocenters. The lowest BCUT2D eigenvalue weighted by atomic mass is 9.67. The third-order valence-electron chi connectivity index (χ3n) is 4.61. The Morgan fingerprint density at radius 2 is 1.62 bits per heavy atom. The van der Waals surface area contributed by atoms with E-state index in [0.717, 1.165) is 12.8 Å². The molecule has 7 nitrogen and oxygen atoms in total. The van der Waals surface area contributed by atoms with Gasteiger partial charge in [0.15, 0.2) is 0 Å². The van der Waals surface area contributed by atoms with Crippen LogP contribution in [0.5, 0.6) is 0 Å². The maximum absolute atomic E-state index is 12.9. The maximum Gasteiger partial charge on any atom is 0.307 e. The molecule has 0 aliphatic carbocycles. The van der Waals surface area contributed by atoms with Crippen molar-refractivity contribution in [3.05, 3.63) is 0 Å². The van der Waals surface area contributed by atoms with Crippen LogP contribution in [0.3, 0.4) is 0 Å². The molecule has 154 valence electrons. The van der Waals surface area contributed by atoms with Crippen molar-refractivity contribution in [2.24, 2.45) is 17.3 Å². The summed E-state index contributed by atoms with van der Waals surface area (Å²) in [5, 5.41) is 12.5. The number of hydrogen-bond acceptors (Lipinski definition) is 4. The molecule has 26 heavy (non-hydrogen) atoms. The van der Waals surface area contributed by atoms with Crippen LogP contribution in [0.15, 0.2) is 0 Å². The molecule has 0 aromatic heterocycles. The lowest BCUT2D eigenvalue weighted by molar-refractivity contribution is -0.153. The summed E-state index contributed by atoms with van der Waals surface area (Å²) in [7, 11) is -4.27. The van der Waals surface area contributed by atoms with Crippen molar-refractivity contribution in [2.45, 2.75) is 79.2 Å². The third kappa shape index (κ3) is 8.49. The monoisotopic (exact) mass is 393 g/mol. The SMILES string of the molecule is CCCCC(C(=O)NC(C)(C)CS(=O)(=O)O)C(C(=O)O)C(C)(C)CCC. The van der Waals surface area contributed by atoms with Gasteiger partial charge in [0.05, 0.1) is 23.1 Å². The maximum atomic E-state index is 12.9. The molecule has 2 unspecified atom stereocenters. The smallest absolute Gasteiger partial charge is 0.307 e. The fraction of sp³-hybridized carbons (Fsp3) is 0.889. The zero-order valence-electron chi connectivity index (χ0n) is 16.8. The van der Waals surface area contributed by atoms with Gasteiger partial charge in [0.25, 0.3) is 10.1 Å². The van der Waals surface area contributed by atoms with Gasteiger partial charge in [0.1, 0.15) is 0 Å². The van der Waals surface area contributed by atoms with Gasteiger partial charge in [-0.25, -0.2) is 0 Å². The van der Waals surface area contributed by atoms with Crippen LogP contribution in [0, 0.1) is 17.3 Å². The Kier molecular flexibility index (Phi) is 9.26.